The van der Waals surface area contributed by atoms with Crippen molar-refractivity contribution >= 4 is 29.3 Å². The van der Waals surface area contributed by atoms with Crippen molar-refractivity contribution in [2.45, 2.75) is 6.92 Å². The number of terminal acetylenes is 1. The number of rotatable bonds is 4. The summed E-state index contributed by atoms with van der Waals surface area (Å²) in [6.07, 6.45) is 6.96. The molecule has 1 saturated heterocycles. The van der Waals surface area contributed by atoms with E-state index in [2.05, 4.69) is 5.92 Å². The maximum Gasteiger partial charge on any atom is 0.276 e. The van der Waals surface area contributed by atoms with Gasteiger partial charge in [-0.2, -0.15) is 0 Å². The van der Waals surface area contributed by atoms with E-state index in [9.17, 15) is 4.79 Å². The predicted molar refractivity (Wildman–Crippen MR) is 86.5 cm³/mol. The fourth-order valence-electron chi connectivity index (χ4n) is 2.03. The minimum absolute atomic E-state index is 0.0716. The lowest BCUT2D eigenvalue weighted by atomic mass is 10.2. The Bertz CT molecular complexity index is 629. The summed E-state index contributed by atoms with van der Waals surface area (Å²) in [5.41, 5.74) is 1.47. The van der Waals surface area contributed by atoms with Crippen molar-refractivity contribution in [2.75, 3.05) is 20.2 Å². The number of nitrogens with zero attached hydrogens (tertiary/aromatic N) is 2. The van der Waals surface area contributed by atoms with Crippen LogP contribution in [0.3, 0.4) is 0 Å². The largest absolute Gasteiger partial charge is 0.481 e. The molecule has 0 unspecified atom stereocenters. The van der Waals surface area contributed by atoms with Crippen LogP contribution in [-0.2, 0) is 4.79 Å². The Morgan fingerprint density at radius 2 is 2.05 bits per heavy atom. The summed E-state index contributed by atoms with van der Waals surface area (Å²) in [6.45, 7) is 2.71. The SMILES string of the molecule is C#CCOc1ccc(/C=C2/C(=O)N(CC)C(=S)N2C)cc1. The number of hydrogen-bond acceptors (Lipinski definition) is 3. The number of carbonyl (C=O) groups is 1. The number of hydrogen-bond donors (Lipinski definition) is 0. The predicted octanol–water partition coefficient (Wildman–Crippen LogP) is 2.12. The molecule has 0 radical (unpaired) electrons. The first-order chi connectivity index (χ1) is 10.1. The van der Waals surface area contributed by atoms with Gasteiger partial charge < -0.3 is 9.64 Å². The molecule has 1 aromatic carbocycles. The number of ether oxygens (including phenoxy) is 1. The van der Waals surface area contributed by atoms with Crippen LogP contribution >= 0.6 is 12.2 Å². The number of likely N-dealkylation sites (N-methyl/N-ethyl adjacent to an activating group) is 2. The highest BCUT2D eigenvalue weighted by atomic mass is 32.1. The summed E-state index contributed by atoms with van der Waals surface area (Å²) in [5.74, 6) is 3.04. The molecule has 0 spiro atoms. The standard InChI is InChI=1S/C16H16N2O2S/c1-4-10-20-13-8-6-12(7-9-13)11-14-15(19)18(5-2)16(21)17(14)3/h1,6-9,11H,5,10H2,2-3H3/b14-11-. The third kappa shape index (κ3) is 3.06. The first kappa shape index (κ1) is 15.1. The van der Waals surface area contributed by atoms with E-state index < -0.39 is 0 Å². The molecule has 1 heterocycles. The van der Waals surface area contributed by atoms with E-state index in [1.165, 1.54) is 0 Å². The highest BCUT2D eigenvalue weighted by molar-refractivity contribution is 7.80. The molecule has 0 N–H and O–H groups in total. The number of thiocarbonyl (C=S) groups is 1. The van der Waals surface area contributed by atoms with Gasteiger partial charge >= 0.3 is 0 Å². The molecule has 0 bridgehead atoms. The molecule has 4 nitrogen and oxygen atoms in total. The Morgan fingerprint density at radius 3 is 2.57 bits per heavy atom. The van der Waals surface area contributed by atoms with Crippen LogP contribution in [0, 0.1) is 12.3 Å². The topological polar surface area (TPSA) is 32.8 Å². The molecule has 5 heteroatoms. The van der Waals surface area contributed by atoms with E-state index in [0.29, 0.717) is 23.1 Å². The first-order valence-electron chi connectivity index (χ1n) is 6.56. The molecule has 0 atom stereocenters. The van der Waals surface area contributed by atoms with Crippen LogP contribution in [0.25, 0.3) is 6.08 Å². The number of carbonyl (C=O) groups excluding carboxylic acids is 1. The molecule has 1 aliphatic heterocycles. The molecule has 1 amide bonds. The van der Waals surface area contributed by atoms with E-state index in [0.717, 1.165) is 5.56 Å². The zero-order chi connectivity index (χ0) is 15.4. The maximum atomic E-state index is 12.3. The van der Waals surface area contributed by atoms with Crippen molar-refractivity contribution < 1.29 is 9.53 Å². The Kier molecular flexibility index (Phi) is 4.61. The summed E-state index contributed by atoms with van der Waals surface area (Å²) < 4.78 is 5.31. The van der Waals surface area contributed by atoms with Crippen molar-refractivity contribution in [3.8, 4) is 18.1 Å². The van der Waals surface area contributed by atoms with Gasteiger partial charge in [-0.3, -0.25) is 9.69 Å². The van der Waals surface area contributed by atoms with Gasteiger partial charge in [-0.15, -0.1) is 6.42 Å². The highest BCUT2D eigenvalue weighted by Crippen LogP contribution is 2.22. The van der Waals surface area contributed by atoms with Crippen LogP contribution in [0.5, 0.6) is 5.75 Å². The maximum absolute atomic E-state index is 12.3. The molecule has 108 valence electrons. The minimum atomic E-state index is -0.0716. The van der Waals surface area contributed by atoms with E-state index in [1.54, 1.807) is 16.8 Å². The van der Waals surface area contributed by atoms with Crippen LogP contribution in [0.15, 0.2) is 30.0 Å². The van der Waals surface area contributed by atoms with Gasteiger partial charge in [0.05, 0.1) is 0 Å². The zero-order valence-electron chi connectivity index (χ0n) is 12.0. The average molecular weight is 300 g/mol. The quantitative estimate of drug-likeness (QED) is 0.484. The molecule has 1 aliphatic rings. The molecule has 2 rings (SSSR count). The normalized spacial score (nSPS) is 16.5. The van der Waals surface area contributed by atoms with E-state index in [-0.39, 0.29) is 12.5 Å². The second-order valence-electron chi connectivity index (χ2n) is 4.48. The molecule has 0 aromatic heterocycles. The van der Waals surface area contributed by atoms with Crippen LogP contribution in [0.4, 0.5) is 0 Å². The van der Waals surface area contributed by atoms with Crippen molar-refractivity contribution in [2.24, 2.45) is 0 Å². The van der Waals surface area contributed by atoms with Crippen LogP contribution in [-0.4, -0.2) is 41.0 Å². The molecular formula is C16H16N2O2S. The van der Waals surface area contributed by atoms with Crippen LogP contribution in [0.2, 0.25) is 0 Å². The fraction of sp³-hybridized carbons (Fsp3) is 0.250. The van der Waals surface area contributed by atoms with E-state index in [1.807, 2.05) is 37.3 Å². The summed E-state index contributed by atoms with van der Waals surface area (Å²) in [7, 11) is 1.80. The van der Waals surface area contributed by atoms with Crippen molar-refractivity contribution in [3.05, 3.63) is 35.5 Å². The lowest BCUT2D eigenvalue weighted by Crippen LogP contribution is -2.30. The smallest absolute Gasteiger partial charge is 0.276 e. The molecule has 1 aromatic rings. The third-order valence-electron chi connectivity index (χ3n) is 3.17. The summed E-state index contributed by atoms with van der Waals surface area (Å²) in [5, 5.41) is 0.530. The average Bonchev–Trinajstić information content (AvgIpc) is 2.70. The molecule has 21 heavy (non-hydrogen) atoms. The second kappa shape index (κ2) is 6.42. The summed E-state index contributed by atoms with van der Waals surface area (Å²) >= 11 is 5.25. The van der Waals surface area contributed by atoms with Gasteiger partial charge in [0.15, 0.2) is 5.11 Å². The van der Waals surface area contributed by atoms with Gasteiger partial charge in [0.2, 0.25) is 0 Å². The van der Waals surface area contributed by atoms with Crippen molar-refractivity contribution in [1.29, 1.82) is 0 Å². The molecule has 0 saturated carbocycles. The van der Waals surface area contributed by atoms with Gasteiger partial charge in [-0.05, 0) is 42.9 Å². The number of benzene rings is 1. The first-order valence-corrected chi connectivity index (χ1v) is 6.97. The van der Waals surface area contributed by atoms with Gasteiger partial charge in [-0.1, -0.05) is 18.1 Å². The van der Waals surface area contributed by atoms with E-state index >= 15 is 0 Å². The Morgan fingerprint density at radius 1 is 1.38 bits per heavy atom. The van der Waals surface area contributed by atoms with Crippen molar-refractivity contribution in [1.82, 2.24) is 9.80 Å². The van der Waals surface area contributed by atoms with E-state index in [4.69, 9.17) is 23.4 Å². The Balaban J connectivity index is 2.21. The number of amides is 1. The Hall–Kier alpha value is -2.32. The summed E-state index contributed by atoms with van der Waals surface area (Å²) in [4.78, 5) is 15.6. The lowest BCUT2D eigenvalue weighted by Gasteiger charge is -2.13. The molecule has 1 fully saturated rings. The van der Waals surface area contributed by atoms with Gasteiger partial charge in [0.25, 0.3) is 5.91 Å². The highest BCUT2D eigenvalue weighted by Gasteiger charge is 2.34. The van der Waals surface area contributed by atoms with Crippen LogP contribution in [0.1, 0.15) is 12.5 Å². The van der Waals surface area contributed by atoms with Gasteiger partial charge in [0.1, 0.15) is 18.1 Å². The lowest BCUT2D eigenvalue weighted by molar-refractivity contribution is -0.122. The molecule has 0 aliphatic carbocycles. The second-order valence-corrected chi connectivity index (χ2v) is 4.85. The summed E-state index contributed by atoms with van der Waals surface area (Å²) in [6, 6.07) is 7.38. The third-order valence-corrected chi connectivity index (χ3v) is 3.66. The minimum Gasteiger partial charge on any atom is -0.481 e. The van der Waals surface area contributed by atoms with Crippen molar-refractivity contribution in [3.63, 3.8) is 0 Å². The van der Waals surface area contributed by atoms with Gasteiger partial charge in [0, 0.05) is 13.6 Å². The monoisotopic (exact) mass is 300 g/mol. The molecular weight excluding hydrogens is 284 g/mol. The Labute approximate surface area is 130 Å². The van der Waals surface area contributed by atoms with Crippen LogP contribution < -0.4 is 4.74 Å². The fourth-order valence-corrected chi connectivity index (χ4v) is 2.34. The van der Waals surface area contributed by atoms with Gasteiger partial charge in [-0.25, -0.2) is 0 Å². The zero-order valence-corrected chi connectivity index (χ0v) is 12.8.